The minimum Gasteiger partial charge on any atom is -0.497 e. The van der Waals surface area contributed by atoms with Gasteiger partial charge in [0.15, 0.2) is 0 Å². The van der Waals surface area contributed by atoms with E-state index in [2.05, 4.69) is 4.72 Å². The van der Waals surface area contributed by atoms with Gasteiger partial charge in [-0.05, 0) is 29.8 Å². The molecule has 0 unspecified atom stereocenters. The standard InChI is InChI=1S/C17H20N2O4S/c1-19-9-10-23-17-11-15(7-8-16(17)19)24(20,21)18-12-13-3-5-14(22-2)6-4-13/h3-8,11,18H,9-10,12H2,1-2H3. The smallest absolute Gasteiger partial charge is 0.241 e. The Kier molecular flexibility index (Phi) is 4.64. The van der Waals surface area contributed by atoms with Gasteiger partial charge >= 0.3 is 0 Å². The Morgan fingerprint density at radius 3 is 2.67 bits per heavy atom. The lowest BCUT2D eigenvalue weighted by atomic mass is 10.2. The Balaban J connectivity index is 1.75. The molecule has 2 aromatic rings. The lowest BCUT2D eigenvalue weighted by Crippen LogP contribution is -2.29. The SMILES string of the molecule is COc1ccc(CNS(=O)(=O)c2ccc3c(c2)OCCN3C)cc1. The van der Waals surface area contributed by atoms with E-state index in [-0.39, 0.29) is 11.4 Å². The van der Waals surface area contributed by atoms with Crippen LogP contribution >= 0.6 is 0 Å². The van der Waals surface area contributed by atoms with Gasteiger partial charge in [0.25, 0.3) is 0 Å². The van der Waals surface area contributed by atoms with Gasteiger partial charge in [0.1, 0.15) is 18.1 Å². The van der Waals surface area contributed by atoms with E-state index in [4.69, 9.17) is 9.47 Å². The second kappa shape index (κ2) is 6.70. The number of rotatable bonds is 5. The molecule has 0 bridgehead atoms. The predicted octanol–water partition coefficient (Wildman–Crippen LogP) is 2.00. The topological polar surface area (TPSA) is 67.9 Å². The minimum absolute atomic E-state index is 0.199. The van der Waals surface area contributed by atoms with Crippen molar-refractivity contribution in [3.8, 4) is 11.5 Å². The summed E-state index contributed by atoms with van der Waals surface area (Å²) in [5.41, 5.74) is 1.75. The van der Waals surface area contributed by atoms with Crippen LogP contribution in [0.2, 0.25) is 0 Å². The molecular formula is C17H20N2O4S. The van der Waals surface area contributed by atoms with Crippen LogP contribution in [0, 0.1) is 0 Å². The molecule has 128 valence electrons. The first-order chi connectivity index (χ1) is 11.5. The van der Waals surface area contributed by atoms with E-state index in [0.29, 0.717) is 12.4 Å². The van der Waals surface area contributed by atoms with Crippen molar-refractivity contribution < 1.29 is 17.9 Å². The number of nitrogens with zero attached hydrogens (tertiary/aromatic N) is 1. The second-order valence-electron chi connectivity index (χ2n) is 5.57. The molecule has 3 rings (SSSR count). The van der Waals surface area contributed by atoms with Crippen molar-refractivity contribution in [1.29, 1.82) is 0 Å². The molecule has 0 spiro atoms. The molecule has 0 aromatic heterocycles. The largest absolute Gasteiger partial charge is 0.497 e. The number of hydrogen-bond donors (Lipinski definition) is 1. The lowest BCUT2D eigenvalue weighted by molar-refractivity contribution is 0.310. The van der Waals surface area contributed by atoms with Crippen molar-refractivity contribution in [2.24, 2.45) is 0 Å². The number of anilines is 1. The van der Waals surface area contributed by atoms with E-state index in [0.717, 1.165) is 23.5 Å². The minimum atomic E-state index is -3.60. The van der Waals surface area contributed by atoms with Crippen LogP contribution in [0.25, 0.3) is 0 Å². The lowest BCUT2D eigenvalue weighted by Gasteiger charge is -2.27. The first-order valence-corrected chi connectivity index (χ1v) is 9.08. The highest BCUT2D eigenvalue weighted by Gasteiger charge is 2.20. The average Bonchev–Trinajstić information content (AvgIpc) is 2.60. The quantitative estimate of drug-likeness (QED) is 0.895. The zero-order valence-corrected chi connectivity index (χ0v) is 14.5. The molecule has 1 heterocycles. The van der Waals surface area contributed by atoms with Crippen LogP contribution in [0.4, 0.5) is 5.69 Å². The molecule has 1 aliphatic heterocycles. The number of hydrogen-bond acceptors (Lipinski definition) is 5. The molecule has 1 N–H and O–H groups in total. The van der Waals surface area contributed by atoms with Crippen molar-refractivity contribution in [1.82, 2.24) is 4.72 Å². The Morgan fingerprint density at radius 1 is 1.21 bits per heavy atom. The zero-order valence-electron chi connectivity index (χ0n) is 13.7. The maximum atomic E-state index is 12.5. The summed E-state index contributed by atoms with van der Waals surface area (Å²) < 4.78 is 38.3. The zero-order chi connectivity index (χ0) is 17.2. The Bertz CT molecular complexity index is 819. The van der Waals surface area contributed by atoms with Gasteiger partial charge in [-0.2, -0.15) is 0 Å². The number of benzene rings is 2. The molecule has 0 aliphatic carbocycles. The number of nitrogens with one attached hydrogen (secondary N) is 1. The van der Waals surface area contributed by atoms with Gasteiger partial charge in [-0.1, -0.05) is 12.1 Å². The fourth-order valence-corrected chi connectivity index (χ4v) is 3.54. The molecule has 0 amide bonds. The highest BCUT2D eigenvalue weighted by Crippen LogP contribution is 2.32. The molecule has 6 nitrogen and oxygen atoms in total. The molecule has 7 heteroatoms. The second-order valence-corrected chi connectivity index (χ2v) is 7.34. The van der Waals surface area contributed by atoms with Crippen LogP contribution in [0.1, 0.15) is 5.56 Å². The first kappa shape index (κ1) is 16.6. The highest BCUT2D eigenvalue weighted by atomic mass is 32.2. The van der Waals surface area contributed by atoms with Gasteiger partial charge in [0, 0.05) is 19.7 Å². The van der Waals surface area contributed by atoms with Crippen molar-refractivity contribution in [3.05, 3.63) is 48.0 Å². The van der Waals surface area contributed by atoms with E-state index in [1.807, 2.05) is 24.1 Å². The molecule has 24 heavy (non-hydrogen) atoms. The monoisotopic (exact) mass is 348 g/mol. The van der Waals surface area contributed by atoms with E-state index < -0.39 is 10.0 Å². The number of ether oxygens (including phenoxy) is 2. The van der Waals surface area contributed by atoms with E-state index in [9.17, 15) is 8.42 Å². The molecule has 0 radical (unpaired) electrons. The van der Waals surface area contributed by atoms with Crippen molar-refractivity contribution in [2.45, 2.75) is 11.4 Å². The van der Waals surface area contributed by atoms with Gasteiger partial charge < -0.3 is 14.4 Å². The summed E-state index contributed by atoms with van der Waals surface area (Å²) in [4.78, 5) is 2.24. The number of fused-ring (bicyclic) bond motifs is 1. The maximum Gasteiger partial charge on any atom is 0.241 e. The molecule has 0 saturated heterocycles. The van der Waals surface area contributed by atoms with Gasteiger partial charge in [-0.25, -0.2) is 13.1 Å². The van der Waals surface area contributed by atoms with Gasteiger partial charge in [0.2, 0.25) is 10.0 Å². The average molecular weight is 348 g/mol. The van der Waals surface area contributed by atoms with E-state index in [1.54, 1.807) is 37.4 Å². The van der Waals surface area contributed by atoms with Crippen molar-refractivity contribution in [2.75, 3.05) is 32.2 Å². The van der Waals surface area contributed by atoms with Crippen LogP contribution in [0.15, 0.2) is 47.4 Å². The van der Waals surface area contributed by atoms with Crippen molar-refractivity contribution >= 4 is 15.7 Å². The van der Waals surface area contributed by atoms with E-state index in [1.165, 1.54) is 0 Å². The van der Waals surface area contributed by atoms with Crippen LogP contribution in [-0.4, -0.2) is 35.7 Å². The number of sulfonamides is 1. The summed E-state index contributed by atoms with van der Waals surface area (Å²) in [7, 11) is -0.0585. The third-order valence-electron chi connectivity index (χ3n) is 3.96. The van der Waals surface area contributed by atoms with Crippen LogP contribution < -0.4 is 19.1 Å². The fraction of sp³-hybridized carbons (Fsp3) is 0.294. The van der Waals surface area contributed by atoms with Crippen LogP contribution in [0.3, 0.4) is 0 Å². The Hall–Kier alpha value is -2.25. The van der Waals surface area contributed by atoms with Crippen LogP contribution in [0.5, 0.6) is 11.5 Å². The summed E-state index contributed by atoms with van der Waals surface area (Å²) >= 11 is 0. The molecule has 0 fully saturated rings. The molecule has 1 aliphatic rings. The van der Waals surface area contributed by atoms with E-state index >= 15 is 0 Å². The Labute approximate surface area is 142 Å². The predicted molar refractivity (Wildman–Crippen MR) is 92.2 cm³/mol. The molecule has 0 saturated carbocycles. The number of likely N-dealkylation sites (N-methyl/N-ethyl adjacent to an activating group) is 1. The molecular weight excluding hydrogens is 328 g/mol. The third-order valence-corrected chi connectivity index (χ3v) is 5.36. The Morgan fingerprint density at radius 2 is 1.96 bits per heavy atom. The van der Waals surface area contributed by atoms with Gasteiger partial charge in [-0.15, -0.1) is 0 Å². The summed E-state index contributed by atoms with van der Waals surface area (Å²) in [5, 5.41) is 0. The summed E-state index contributed by atoms with van der Waals surface area (Å²) in [6.07, 6.45) is 0. The van der Waals surface area contributed by atoms with Crippen molar-refractivity contribution in [3.63, 3.8) is 0 Å². The van der Waals surface area contributed by atoms with Crippen LogP contribution in [-0.2, 0) is 16.6 Å². The molecule has 2 aromatic carbocycles. The van der Waals surface area contributed by atoms with Gasteiger partial charge in [-0.3, -0.25) is 0 Å². The van der Waals surface area contributed by atoms with Gasteiger partial charge in [0.05, 0.1) is 24.2 Å². The molecule has 0 atom stereocenters. The maximum absolute atomic E-state index is 12.5. The normalized spacial score (nSPS) is 14.0. The highest BCUT2D eigenvalue weighted by molar-refractivity contribution is 7.89. The summed E-state index contributed by atoms with van der Waals surface area (Å²) in [6.45, 7) is 1.55. The fourth-order valence-electron chi connectivity index (χ4n) is 2.51. The number of methoxy groups -OCH3 is 1. The summed E-state index contributed by atoms with van der Waals surface area (Å²) in [5.74, 6) is 1.33. The third kappa shape index (κ3) is 3.47. The first-order valence-electron chi connectivity index (χ1n) is 7.60. The summed E-state index contributed by atoms with van der Waals surface area (Å²) in [6, 6.07) is 12.2.